The van der Waals surface area contributed by atoms with Crippen molar-refractivity contribution in [2.75, 3.05) is 0 Å². The van der Waals surface area contributed by atoms with Crippen molar-refractivity contribution in [1.82, 2.24) is 9.55 Å². The summed E-state index contributed by atoms with van der Waals surface area (Å²) >= 11 is 0. The SMILES string of the molecule is [C-]#[N+]c1ccc(C#N)c(-n2c(-c3ccccc3)nc3ccc4ccccc4c32)c1. The molecule has 0 bridgehead atoms. The molecule has 1 heterocycles. The van der Waals surface area contributed by atoms with Crippen LogP contribution in [0.1, 0.15) is 5.56 Å². The van der Waals surface area contributed by atoms with Crippen molar-refractivity contribution in [3.05, 3.63) is 102 Å². The van der Waals surface area contributed by atoms with Gasteiger partial charge in [-0.2, -0.15) is 5.26 Å². The summed E-state index contributed by atoms with van der Waals surface area (Å²) in [4.78, 5) is 8.48. The predicted octanol–water partition coefficient (Wildman–Crippen LogP) is 6.27. The second-order valence-corrected chi connectivity index (χ2v) is 6.72. The molecular weight excluding hydrogens is 356 g/mol. The van der Waals surface area contributed by atoms with E-state index in [4.69, 9.17) is 11.6 Å². The molecule has 4 heteroatoms. The summed E-state index contributed by atoms with van der Waals surface area (Å²) in [5.74, 6) is 0.746. The Labute approximate surface area is 167 Å². The lowest BCUT2D eigenvalue weighted by Crippen LogP contribution is -2.00. The molecular formula is C25H14N4. The van der Waals surface area contributed by atoms with Crippen molar-refractivity contribution in [1.29, 1.82) is 5.26 Å². The largest absolute Gasteiger partial charge is 0.292 e. The van der Waals surface area contributed by atoms with Crippen molar-refractivity contribution >= 4 is 27.5 Å². The van der Waals surface area contributed by atoms with Crippen molar-refractivity contribution in [2.45, 2.75) is 0 Å². The van der Waals surface area contributed by atoms with Crippen LogP contribution in [0.4, 0.5) is 5.69 Å². The van der Waals surface area contributed by atoms with Crippen LogP contribution in [0.3, 0.4) is 0 Å². The van der Waals surface area contributed by atoms with E-state index in [1.165, 1.54) is 0 Å². The summed E-state index contributed by atoms with van der Waals surface area (Å²) < 4.78 is 2.01. The number of hydrogen-bond donors (Lipinski definition) is 0. The van der Waals surface area contributed by atoms with Gasteiger partial charge in [-0.1, -0.05) is 72.8 Å². The summed E-state index contributed by atoms with van der Waals surface area (Å²) in [7, 11) is 0. The van der Waals surface area contributed by atoms with Gasteiger partial charge in [0.25, 0.3) is 0 Å². The zero-order chi connectivity index (χ0) is 19.8. The monoisotopic (exact) mass is 370 g/mol. The van der Waals surface area contributed by atoms with Gasteiger partial charge in [0.2, 0.25) is 0 Å². The number of fused-ring (bicyclic) bond motifs is 3. The molecule has 134 valence electrons. The van der Waals surface area contributed by atoms with E-state index in [0.29, 0.717) is 16.9 Å². The van der Waals surface area contributed by atoms with E-state index >= 15 is 0 Å². The van der Waals surface area contributed by atoms with Crippen LogP contribution in [0.15, 0.2) is 84.9 Å². The first-order valence-corrected chi connectivity index (χ1v) is 9.18. The zero-order valence-electron chi connectivity index (χ0n) is 15.4. The Morgan fingerprint density at radius 3 is 2.48 bits per heavy atom. The molecule has 1 aromatic heterocycles. The summed E-state index contributed by atoms with van der Waals surface area (Å²) in [5.41, 5.74) is 4.38. The lowest BCUT2D eigenvalue weighted by Gasteiger charge is -2.13. The Morgan fingerprint density at radius 2 is 1.69 bits per heavy atom. The predicted molar refractivity (Wildman–Crippen MR) is 115 cm³/mol. The maximum Gasteiger partial charge on any atom is 0.189 e. The molecule has 0 aliphatic carbocycles. The molecule has 0 amide bonds. The van der Waals surface area contributed by atoms with Crippen LogP contribution in [-0.4, -0.2) is 9.55 Å². The third-order valence-corrected chi connectivity index (χ3v) is 5.04. The highest BCUT2D eigenvalue weighted by molar-refractivity contribution is 6.06. The molecule has 0 saturated heterocycles. The van der Waals surface area contributed by atoms with Crippen LogP contribution in [-0.2, 0) is 0 Å². The van der Waals surface area contributed by atoms with E-state index in [-0.39, 0.29) is 0 Å². The average molecular weight is 370 g/mol. The van der Waals surface area contributed by atoms with Crippen LogP contribution >= 0.6 is 0 Å². The van der Waals surface area contributed by atoms with E-state index in [9.17, 15) is 5.26 Å². The van der Waals surface area contributed by atoms with Gasteiger partial charge in [0.05, 0.1) is 28.9 Å². The lowest BCUT2D eigenvalue weighted by atomic mass is 10.1. The standard InChI is InChI=1S/C25H14N4/c1-27-20-13-11-19(16-26)23(15-20)29-24-21-10-6-5-7-17(21)12-14-22(24)28-25(29)18-8-3-2-4-9-18/h2-15H. The van der Waals surface area contributed by atoms with Gasteiger partial charge < -0.3 is 0 Å². The number of aromatic nitrogens is 2. The van der Waals surface area contributed by atoms with Crippen LogP contribution in [0.2, 0.25) is 0 Å². The van der Waals surface area contributed by atoms with Gasteiger partial charge >= 0.3 is 0 Å². The van der Waals surface area contributed by atoms with E-state index in [2.05, 4.69) is 29.1 Å². The number of nitrogens with zero attached hydrogens (tertiary/aromatic N) is 4. The first-order chi connectivity index (χ1) is 14.3. The van der Waals surface area contributed by atoms with Crippen LogP contribution in [0.5, 0.6) is 0 Å². The highest BCUT2D eigenvalue weighted by Crippen LogP contribution is 2.35. The smallest absolute Gasteiger partial charge is 0.189 e. The summed E-state index contributed by atoms with van der Waals surface area (Å²) in [6.07, 6.45) is 0. The highest BCUT2D eigenvalue weighted by Gasteiger charge is 2.19. The molecule has 5 rings (SSSR count). The second kappa shape index (κ2) is 6.64. The van der Waals surface area contributed by atoms with Crippen molar-refractivity contribution < 1.29 is 0 Å². The Bertz CT molecular complexity index is 1460. The molecule has 0 N–H and O–H groups in total. The average Bonchev–Trinajstić information content (AvgIpc) is 3.19. The molecule has 0 radical (unpaired) electrons. The Hall–Kier alpha value is -4.41. The quantitative estimate of drug-likeness (QED) is 0.344. The molecule has 0 aliphatic rings. The highest BCUT2D eigenvalue weighted by atomic mass is 15.1. The molecule has 4 aromatic carbocycles. The zero-order valence-corrected chi connectivity index (χ0v) is 15.4. The van der Waals surface area contributed by atoms with E-state index in [1.807, 2.05) is 53.1 Å². The molecule has 4 nitrogen and oxygen atoms in total. The first-order valence-electron chi connectivity index (χ1n) is 9.18. The minimum absolute atomic E-state index is 0.486. The van der Waals surface area contributed by atoms with Gasteiger partial charge in [0.1, 0.15) is 11.9 Å². The molecule has 0 saturated carbocycles. The molecule has 0 spiro atoms. The van der Waals surface area contributed by atoms with Gasteiger partial charge in [-0.3, -0.25) is 4.57 Å². The topological polar surface area (TPSA) is 46.0 Å². The summed E-state index contributed by atoms with van der Waals surface area (Å²) in [5, 5.41) is 11.9. The maximum absolute atomic E-state index is 9.77. The van der Waals surface area contributed by atoms with Crippen molar-refractivity contribution in [2.24, 2.45) is 0 Å². The van der Waals surface area contributed by atoms with Gasteiger partial charge in [0, 0.05) is 10.9 Å². The fourth-order valence-corrected chi connectivity index (χ4v) is 3.72. The minimum atomic E-state index is 0.486. The molecule has 29 heavy (non-hydrogen) atoms. The van der Waals surface area contributed by atoms with E-state index in [0.717, 1.165) is 33.2 Å². The van der Waals surface area contributed by atoms with Crippen molar-refractivity contribution in [3.63, 3.8) is 0 Å². The molecule has 0 aliphatic heterocycles. The van der Waals surface area contributed by atoms with Gasteiger partial charge in [-0.15, -0.1) is 0 Å². The van der Waals surface area contributed by atoms with Crippen LogP contribution < -0.4 is 0 Å². The molecule has 0 fully saturated rings. The first kappa shape index (κ1) is 16.7. The fraction of sp³-hybridized carbons (Fsp3) is 0. The van der Waals surface area contributed by atoms with Gasteiger partial charge in [-0.05, 0) is 17.5 Å². The van der Waals surface area contributed by atoms with Gasteiger partial charge in [-0.25, -0.2) is 9.83 Å². The molecule has 5 aromatic rings. The number of hydrogen-bond acceptors (Lipinski definition) is 2. The summed E-state index contributed by atoms with van der Waals surface area (Å²) in [6.45, 7) is 7.42. The molecule has 0 atom stereocenters. The Balaban J connectivity index is 2.00. The van der Waals surface area contributed by atoms with Gasteiger partial charge in [0.15, 0.2) is 5.69 Å². The second-order valence-electron chi connectivity index (χ2n) is 6.72. The number of benzene rings is 4. The van der Waals surface area contributed by atoms with E-state index < -0.39 is 0 Å². The van der Waals surface area contributed by atoms with Crippen LogP contribution in [0.25, 0.3) is 43.7 Å². The number of rotatable bonds is 2. The van der Waals surface area contributed by atoms with Crippen LogP contribution in [0, 0.1) is 17.9 Å². The third-order valence-electron chi connectivity index (χ3n) is 5.04. The number of imidazole rings is 1. The Kier molecular flexibility index (Phi) is 3.83. The molecule has 0 unspecified atom stereocenters. The Morgan fingerprint density at radius 1 is 0.897 bits per heavy atom. The number of nitriles is 1. The summed E-state index contributed by atoms with van der Waals surface area (Å²) in [6, 6.07) is 29.5. The minimum Gasteiger partial charge on any atom is -0.292 e. The van der Waals surface area contributed by atoms with E-state index in [1.54, 1.807) is 18.2 Å². The third kappa shape index (κ3) is 2.64. The normalized spacial score (nSPS) is 10.7. The van der Waals surface area contributed by atoms with Crippen molar-refractivity contribution in [3.8, 4) is 23.1 Å². The maximum atomic E-state index is 9.77. The fourth-order valence-electron chi connectivity index (χ4n) is 3.72. The lowest BCUT2D eigenvalue weighted by molar-refractivity contribution is 1.10.